The first-order valence-electron chi connectivity index (χ1n) is 8.92. The van der Waals surface area contributed by atoms with Crippen molar-refractivity contribution in [3.63, 3.8) is 0 Å². The number of benzene rings is 1. The van der Waals surface area contributed by atoms with Gasteiger partial charge in [0.1, 0.15) is 12.7 Å². The van der Waals surface area contributed by atoms with Gasteiger partial charge in [-0.1, -0.05) is 24.6 Å². The predicted octanol–water partition coefficient (Wildman–Crippen LogP) is 2.88. The van der Waals surface area contributed by atoms with Crippen LogP contribution in [0, 0.1) is 17.8 Å². The van der Waals surface area contributed by atoms with E-state index in [0.29, 0.717) is 12.5 Å². The second kappa shape index (κ2) is 6.38. The number of nitrogens with zero attached hydrogens (tertiary/aromatic N) is 3. The summed E-state index contributed by atoms with van der Waals surface area (Å²) in [5.74, 6) is 2.39. The molecule has 0 spiro atoms. The quantitative estimate of drug-likeness (QED) is 0.920. The van der Waals surface area contributed by atoms with Gasteiger partial charge in [-0.2, -0.15) is 5.10 Å². The molecule has 4 atom stereocenters. The highest BCUT2D eigenvalue weighted by molar-refractivity contribution is 5.95. The molecule has 2 saturated carbocycles. The number of carbonyl (C=O) groups is 1. The van der Waals surface area contributed by atoms with E-state index in [4.69, 9.17) is 0 Å². The van der Waals surface area contributed by atoms with Crippen LogP contribution in [0.4, 0.5) is 0 Å². The van der Waals surface area contributed by atoms with Gasteiger partial charge in [0.25, 0.3) is 5.91 Å². The molecule has 1 N–H and O–H groups in total. The second-order valence-electron chi connectivity index (χ2n) is 7.35. The molecule has 4 rings (SSSR count). The summed E-state index contributed by atoms with van der Waals surface area (Å²) in [6.45, 7) is 2.73. The Balaban J connectivity index is 1.46. The molecule has 126 valence electrons. The summed E-state index contributed by atoms with van der Waals surface area (Å²) in [7, 11) is 0. The fourth-order valence-corrected chi connectivity index (χ4v) is 4.67. The van der Waals surface area contributed by atoms with Crippen LogP contribution in [0.25, 0.3) is 0 Å². The number of rotatable bonds is 5. The maximum absolute atomic E-state index is 12.8. The number of nitrogens with one attached hydrogen (secondary N) is 1. The lowest BCUT2D eigenvalue weighted by atomic mass is 9.84. The normalized spacial score (nSPS) is 26.5. The monoisotopic (exact) mass is 324 g/mol. The molecule has 5 heteroatoms. The molecule has 0 aliphatic heterocycles. The van der Waals surface area contributed by atoms with Crippen LogP contribution in [0.5, 0.6) is 0 Å². The molecule has 1 amide bonds. The van der Waals surface area contributed by atoms with Crippen molar-refractivity contribution in [1.29, 1.82) is 0 Å². The van der Waals surface area contributed by atoms with Gasteiger partial charge in [0, 0.05) is 11.6 Å². The van der Waals surface area contributed by atoms with Crippen molar-refractivity contribution in [2.24, 2.45) is 17.8 Å². The van der Waals surface area contributed by atoms with Gasteiger partial charge in [-0.25, -0.2) is 9.67 Å². The second-order valence-corrected chi connectivity index (χ2v) is 7.35. The highest BCUT2D eigenvalue weighted by atomic mass is 16.1. The van der Waals surface area contributed by atoms with Crippen molar-refractivity contribution in [3.05, 3.63) is 48.0 Å². The van der Waals surface area contributed by atoms with Crippen LogP contribution in [-0.4, -0.2) is 26.7 Å². The van der Waals surface area contributed by atoms with E-state index >= 15 is 0 Å². The third-order valence-electron chi connectivity index (χ3n) is 5.85. The van der Waals surface area contributed by atoms with E-state index in [1.165, 1.54) is 32.0 Å². The van der Waals surface area contributed by atoms with Gasteiger partial charge in [0.05, 0.1) is 6.54 Å². The Morgan fingerprint density at radius 3 is 2.92 bits per heavy atom. The lowest BCUT2D eigenvalue weighted by Crippen LogP contribution is -2.40. The summed E-state index contributed by atoms with van der Waals surface area (Å²) in [5, 5.41) is 7.39. The molecule has 0 saturated heterocycles. The van der Waals surface area contributed by atoms with E-state index in [1.54, 1.807) is 11.0 Å². The van der Waals surface area contributed by atoms with E-state index in [1.807, 2.05) is 24.3 Å². The SMILES string of the molecule is C[C@@H](NC(=O)c1ccccc1Cn1cncn1)[C@H]1C[C@H]2CC[C@H]1C2. The van der Waals surface area contributed by atoms with Gasteiger partial charge in [0.15, 0.2) is 0 Å². The standard InChI is InChI=1S/C19H24N4O/c1-13(18-9-14-6-7-15(18)8-14)22-19(24)17-5-3-2-4-16(17)10-23-12-20-11-21-23/h2-5,11-15,18H,6-10H2,1H3,(H,22,24)/t13-,14+,15+,18-/m1/s1. The van der Waals surface area contributed by atoms with Crippen molar-refractivity contribution >= 4 is 5.91 Å². The molecule has 24 heavy (non-hydrogen) atoms. The minimum Gasteiger partial charge on any atom is -0.349 e. The van der Waals surface area contributed by atoms with Crippen LogP contribution in [0.2, 0.25) is 0 Å². The van der Waals surface area contributed by atoms with Crippen molar-refractivity contribution < 1.29 is 4.79 Å². The molecule has 1 aromatic carbocycles. The number of hydrogen-bond donors (Lipinski definition) is 1. The third-order valence-corrected chi connectivity index (χ3v) is 5.85. The molecule has 1 aromatic heterocycles. The van der Waals surface area contributed by atoms with Crippen molar-refractivity contribution in [2.45, 2.75) is 45.2 Å². The summed E-state index contributed by atoms with van der Waals surface area (Å²) in [6.07, 6.45) is 8.58. The Labute approximate surface area is 142 Å². The fraction of sp³-hybridized carbons (Fsp3) is 0.526. The first-order chi connectivity index (χ1) is 11.7. The molecule has 2 fully saturated rings. The largest absolute Gasteiger partial charge is 0.349 e. The Morgan fingerprint density at radius 1 is 1.33 bits per heavy atom. The molecule has 0 radical (unpaired) electrons. The highest BCUT2D eigenvalue weighted by Crippen LogP contribution is 2.49. The molecule has 2 aromatic rings. The summed E-state index contributed by atoms with van der Waals surface area (Å²) in [4.78, 5) is 16.8. The first-order valence-corrected chi connectivity index (χ1v) is 8.92. The third kappa shape index (κ3) is 2.95. The predicted molar refractivity (Wildman–Crippen MR) is 91.4 cm³/mol. The zero-order valence-electron chi connectivity index (χ0n) is 14.1. The lowest BCUT2D eigenvalue weighted by molar-refractivity contribution is 0.0914. The Hall–Kier alpha value is -2.17. The average molecular weight is 324 g/mol. The van der Waals surface area contributed by atoms with Gasteiger partial charge in [-0.05, 0) is 55.6 Å². The number of hydrogen-bond acceptors (Lipinski definition) is 3. The smallest absolute Gasteiger partial charge is 0.251 e. The first kappa shape index (κ1) is 15.4. The molecule has 1 heterocycles. The van der Waals surface area contributed by atoms with Crippen LogP contribution in [-0.2, 0) is 6.54 Å². The van der Waals surface area contributed by atoms with Gasteiger partial charge >= 0.3 is 0 Å². The molecule has 2 bridgehead atoms. The van der Waals surface area contributed by atoms with Crippen LogP contribution >= 0.6 is 0 Å². The minimum atomic E-state index is 0.0287. The lowest BCUT2D eigenvalue weighted by Gasteiger charge is -2.28. The van der Waals surface area contributed by atoms with E-state index in [0.717, 1.165) is 23.0 Å². The van der Waals surface area contributed by atoms with Gasteiger partial charge in [0.2, 0.25) is 0 Å². The molecule has 2 aliphatic rings. The van der Waals surface area contributed by atoms with E-state index in [9.17, 15) is 4.79 Å². The van der Waals surface area contributed by atoms with E-state index < -0.39 is 0 Å². The van der Waals surface area contributed by atoms with Crippen molar-refractivity contribution in [3.8, 4) is 0 Å². The van der Waals surface area contributed by atoms with Crippen molar-refractivity contribution in [2.75, 3.05) is 0 Å². The number of amides is 1. The van der Waals surface area contributed by atoms with E-state index in [-0.39, 0.29) is 11.9 Å². The fourth-order valence-electron chi connectivity index (χ4n) is 4.67. The summed E-state index contributed by atoms with van der Waals surface area (Å²) in [5.41, 5.74) is 1.71. The van der Waals surface area contributed by atoms with Gasteiger partial charge in [-0.15, -0.1) is 0 Å². The zero-order valence-corrected chi connectivity index (χ0v) is 14.1. The minimum absolute atomic E-state index is 0.0287. The maximum atomic E-state index is 12.8. The Morgan fingerprint density at radius 2 is 2.21 bits per heavy atom. The Kier molecular flexibility index (Phi) is 4.08. The topological polar surface area (TPSA) is 59.8 Å². The molecule has 2 aliphatic carbocycles. The highest BCUT2D eigenvalue weighted by Gasteiger charge is 2.42. The summed E-state index contributed by atoms with van der Waals surface area (Å²) < 4.78 is 1.74. The number of carbonyl (C=O) groups excluding carboxylic acids is 1. The molecule has 5 nitrogen and oxygen atoms in total. The van der Waals surface area contributed by atoms with Crippen LogP contribution in [0.3, 0.4) is 0 Å². The Bertz CT molecular complexity index is 712. The average Bonchev–Trinajstić information content (AvgIpc) is 3.33. The summed E-state index contributed by atoms with van der Waals surface area (Å²) in [6, 6.07) is 8.00. The molecule has 0 unspecified atom stereocenters. The molecular formula is C19H24N4O. The van der Waals surface area contributed by atoms with Gasteiger partial charge in [-0.3, -0.25) is 4.79 Å². The van der Waals surface area contributed by atoms with Crippen LogP contribution in [0.15, 0.2) is 36.9 Å². The van der Waals surface area contributed by atoms with Crippen molar-refractivity contribution in [1.82, 2.24) is 20.1 Å². The number of aromatic nitrogens is 3. The van der Waals surface area contributed by atoms with Crippen LogP contribution < -0.4 is 5.32 Å². The number of fused-ring (bicyclic) bond motifs is 2. The maximum Gasteiger partial charge on any atom is 0.251 e. The van der Waals surface area contributed by atoms with E-state index in [2.05, 4.69) is 22.3 Å². The van der Waals surface area contributed by atoms with Crippen LogP contribution in [0.1, 0.15) is 48.5 Å². The summed E-state index contributed by atoms with van der Waals surface area (Å²) >= 11 is 0. The zero-order chi connectivity index (χ0) is 16.5. The molecular weight excluding hydrogens is 300 g/mol. The van der Waals surface area contributed by atoms with Gasteiger partial charge < -0.3 is 5.32 Å².